The molecule has 2 rings (SSSR count). The second kappa shape index (κ2) is 7.70. The molecule has 1 N–H and O–H groups in total. The number of rotatable bonds is 10. The SMILES string of the molecule is CCCc1nc(C(CC)(CC)OCC)sc1CNC1CC1. The van der Waals surface area contributed by atoms with Gasteiger partial charge in [0, 0.05) is 24.1 Å². The molecule has 4 heteroatoms. The van der Waals surface area contributed by atoms with Gasteiger partial charge in [0.15, 0.2) is 0 Å². The van der Waals surface area contributed by atoms with E-state index in [0.717, 1.165) is 44.9 Å². The van der Waals surface area contributed by atoms with E-state index in [1.807, 2.05) is 11.3 Å². The monoisotopic (exact) mass is 310 g/mol. The maximum atomic E-state index is 6.13. The molecule has 0 saturated heterocycles. The Labute approximate surface area is 133 Å². The summed E-state index contributed by atoms with van der Waals surface area (Å²) in [6.45, 7) is 10.5. The molecule has 0 aliphatic heterocycles. The molecule has 1 aliphatic carbocycles. The number of nitrogens with one attached hydrogen (secondary N) is 1. The molecule has 1 aromatic rings. The minimum atomic E-state index is -0.181. The number of aromatic nitrogens is 1. The average molecular weight is 311 g/mol. The van der Waals surface area contributed by atoms with Crippen molar-refractivity contribution in [1.29, 1.82) is 0 Å². The molecule has 0 amide bonds. The van der Waals surface area contributed by atoms with Crippen LogP contribution >= 0.6 is 11.3 Å². The number of aryl methyl sites for hydroxylation is 1. The Hall–Kier alpha value is -0.450. The van der Waals surface area contributed by atoms with Crippen molar-refractivity contribution < 1.29 is 4.74 Å². The Morgan fingerprint density at radius 2 is 1.95 bits per heavy atom. The molecule has 0 radical (unpaired) electrons. The lowest BCUT2D eigenvalue weighted by atomic mass is 9.98. The molecule has 0 aromatic carbocycles. The highest BCUT2D eigenvalue weighted by Gasteiger charge is 2.33. The Balaban J connectivity index is 2.22. The van der Waals surface area contributed by atoms with Gasteiger partial charge in [0.2, 0.25) is 0 Å². The summed E-state index contributed by atoms with van der Waals surface area (Å²) in [6.07, 6.45) is 6.88. The molecule has 0 unspecified atom stereocenters. The zero-order chi connectivity index (χ0) is 15.3. The lowest BCUT2D eigenvalue weighted by Gasteiger charge is -2.29. The maximum absolute atomic E-state index is 6.13. The molecular weight excluding hydrogens is 280 g/mol. The van der Waals surface area contributed by atoms with Crippen molar-refractivity contribution in [3.05, 3.63) is 15.6 Å². The first-order chi connectivity index (χ1) is 10.2. The highest BCUT2D eigenvalue weighted by Crippen LogP contribution is 2.37. The molecule has 1 saturated carbocycles. The fraction of sp³-hybridized carbons (Fsp3) is 0.824. The van der Waals surface area contributed by atoms with Crippen molar-refractivity contribution in [2.24, 2.45) is 0 Å². The third kappa shape index (κ3) is 4.05. The van der Waals surface area contributed by atoms with Gasteiger partial charge in [0.1, 0.15) is 10.6 Å². The first-order valence-corrected chi connectivity index (χ1v) is 9.37. The van der Waals surface area contributed by atoms with E-state index in [1.54, 1.807) is 0 Å². The molecular formula is C17H30N2OS. The molecule has 1 fully saturated rings. The van der Waals surface area contributed by atoms with E-state index < -0.39 is 0 Å². The van der Waals surface area contributed by atoms with Crippen molar-refractivity contribution in [3.63, 3.8) is 0 Å². The topological polar surface area (TPSA) is 34.1 Å². The summed E-state index contributed by atoms with van der Waals surface area (Å²) >= 11 is 1.87. The van der Waals surface area contributed by atoms with Gasteiger partial charge in [0.25, 0.3) is 0 Å². The summed E-state index contributed by atoms with van der Waals surface area (Å²) in [6, 6.07) is 0.749. The van der Waals surface area contributed by atoms with Gasteiger partial charge in [-0.25, -0.2) is 4.98 Å². The fourth-order valence-corrected chi connectivity index (χ4v) is 4.11. The van der Waals surface area contributed by atoms with Gasteiger partial charge in [-0.15, -0.1) is 11.3 Å². The van der Waals surface area contributed by atoms with Crippen LogP contribution in [-0.4, -0.2) is 17.6 Å². The molecule has 21 heavy (non-hydrogen) atoms. The Bertz CT molecular complexity index is 436. The fourth-order valence-electron chi connectivity index (χ4n) is 2.77. The van der Waals surface area contributed by atoms with Gasteiger partial charge < -0.3 is 10.1 Å². The van der Waals surface area contributed by atoms with Gasteiger partial charge in [-0.05, 0) is 39.0 Å². The summed E-state index contributed by atoms with van der Waals surface area (Å²) < 4.78 is 6.13. The quantitative estimate of drug-likeness (QED) is 0.695. The summed E-state index contributed by atoms with van der Waals surface area (Å²) in [7, 11) is 0. The van der Waals surface area contributed by atoms with Gasteiger partial charge >= 0.3 is 0 Å². The van der Waals surface area contributed by atoms with Crippen LogP contribution in [0.3, 0.4) is 0 Å². The largest absolute Gasteiger partial charge is 0.368 e. The third-order valence-corrected chi connectivity index (χ3v) is 5.63. The molecule has 1 heterocycles. The zero-order valence-corrected chi connectivity index (χ0v) is 14.8. The maximum Gasteiger partial charge on any atom is 0.125 e. The van der Waals surface area contributed by atoms with Crippen molar-refractivity contribution in [3.8, 4) is 0 Å². The van der Waals surface area contributed by atoms with Crippen LogP contribution in [0.1, 0.15) is 75.4 Å². The molecule has 120 valence electrons. The number of hydrogen-bond acceptors (Lipinski definition) is 4. The summed E-state index contributed by atoms with van der Waals surface area (Å²) in [5.41, 5.74) is 1.11. The lowest BCUT2D eigenvalue weighted by Crippen LogP contribution is -2.28. The number of hydrogen-bond donors (Lipinski definition) is 1. The predicted molar refractivity (Wildman–Crippen MR) is 89.9 cm³/mol. The van der Waals surface area contributed by atoms with Crippen LogP contribution in [0.5, 0.6) is 0 Å². The van der Waals surface area contributed by atoms with E-state index in [-0.39, 0.29) is 5.60 Å². The number of ether oxygens (including phenoxy) is 1. The Morgan fingerprint density at radius 1 is 1.24 bits per heavy atom. The number of thiazole rings is 1. The van der Waals surface area contributed by atoms with Crippen molar-refractivity contribution in [1.82, 2.24) is 10.3 Å². The zero-order valence-electron chi connectivity index (χ0n) is 14.0. The lowest BCUT2D eigenvalue weighted by molar-refractivity contribution is -0.0507. The minimum absolute atomic E-state index is 0.181. The third-order valence-electron chi connectivity index (χ3n) is 4.35. The molecule has 0 atom stereocenters. The van der Waals surface area contributed by atoms with Crippen LogP contribution in [0.4, 0.5) is 0 Å². The summed E-state index contributed by atoms with van der Waals surface area (Å²) in [5.74, 6) is 0. The van der Waals surface area contributed by atoms with Crippen molar-refractivity contribution in [2.75, 3.05) is 6.61 Å². The standard InChI is InChI=1S/C17H30N2OS/c1-5-9-14-15(12-18-13-10-11-13)21-16(19-14)17(6-2,7-3)20-8-4/h13,18H,5-12H2,1-4H3. The molecule has 3 nitrogen and oxygen atoms in total. The van der Waals surface area contributed by atoms with E-state index in [9.17, 15) is 0 Å². The minimum Gasteiger partial charge on any atom is -0.368 e. The summed E-state index contributed by atoms with van der Waals surface area (Å²) in [4.78, 5) is 6.41. The van der Waals surface area contributed by atoms with E-state index in [0.29, 0.717) is 0 Å². The normalized spacial score (nSPS) is 15.6. The van der Waals surface area contributed by atoms with Crippen molar-refractivity contribution >= 4 is 11.3 Å². The van der Waals surface area contributed by atoms with Gasteiger partial charge in [-0.1, -0.05) is 27.2 Å². The van der Waals surface area contributed by atoms with Crippen LogP contribution in [0, 0.1) is 0 Å². The highest BCUT2D eigenvalue weighted by atomic mass is 32.1. The van der Waals surface area contributed by atoms with Crippen LogP contribution in [0.25, 0.3) is 0 Å². The van der Waals surface area contributed by atoms with E-state index >= 15 is 0 Å². The average Bonchev–Trinajstić information content (AvgIpc) is 3.24. The first-order valence-electron chi connectivity index (χ1n) is 8.55. The first kappa shape index (κ1) is 16.9. The van der Waals surface area contributed by atoms with Gasteiger partial charge in [0.05, 0.1) is 5.69 Å². The Morgan fingerprint density at radius 3 is 2.48 bits per heavy atom. The molecule has 0 bridgehead atoms. The predicted octanol–water partition coefficient (Wildman–Crippen LogP) is 4.40. The van der Waals surface area contributed by atoms with E-state index in [2.05, 4.69) is 33.0 Å². The van der Waals surface area contributed by atoms with E-state index in [1.165, 1.54) is 28.4 Å². The molecule has 0 spiro atoms. The smallest absolute Gasteiger partial charge is 0.125 e. The highest BCUT2D eigenvalue weighted by molar-refractivity contribution is 7.11. The Kier molecular flexibility index (Phi) is 6.20. The van der Waals surface area contributed by atoms with E-state index in [4.69, 9.17) is 9.72 Å². The number of nitrogens with zero attached hydrogens (tertiary/aromatic N) is 1. The molecule has 1 aromatic heterocycles. The van der Waals surface area contributed by atoms with Gasteiger partial charge in [-0.2, -0.15) is 0 Å². The van der Waals surface area contributed by atoms with Crippen LogP contribution < -0.4 is 5.32 Å². The summed E-state index contributed by atoms with van der Waals surface area (Å²) in [5, 5.41) is 4.82. The van der Waals surface area contributed by atoms with Crippen LogP contribution in [0.2, 0.25) is 0 Å². The van der Waals surface area contributed by atoms with Crippen LogP contribution in [0.15, 0.2) is 0 Å². The van der Waals surface area contributed by atoms with Crippen LogP contribution in [-0.2, 0) is 23.3 Å². The van der Waals surface area contributed by atoms with Gasteiger partial charge in [-0.3, -0.25) is 0 Å². The molecule has 1 aliphatic rings. The second-order valence-corrected chi connectivity index (χ2v) is 7.01. The van der Waals surface area contributed by atoms with Crippen molar-refractivity contribution in [2.45, 2.75) is 84.4 Å². The second-order valence-electron chi connectivity index (χ2n) is 5.93.